The Morgan fingerprint density at radius 3 is 2.71 bits per heavy atom. The average molecular weight is 313 g/mol. The third-order valence-electron chi connectivity index (χ3n) is 3.42. The van der Waals surface area contributed by atoms with Gasteiger partial charge in [0.1, 0.15) is 11.0 Å². The number of hydrogen-bond acceptors (Lipinski definition) is 4. The number of rotatable bonds is 8. The summed E-state index contributed by atoms with van der Waals surface area (Å²) in [6, 6.07) is 0. The summed E-state index contributed by atoms with van der Waals surface area (Å²) >= 11 is 0. The molecule has 118 valence electrons. The van der Waals surface area contributed by atoms with Crippen molar-refractivity contribution in [1.82, 2.24) is 24.3 Å². The van der Waals surface area contributed by atoms with E-state index >= 15 is 0 Å². The van der Waals surface area contributed by atoms with E-state index in [-0.39, 0.29) is 5.75 Å². The Morgan fingerprint density at radius 2 is 2.05 bits per heavy atom. The number of fused-ring (bicyclic) bond motifs is 1. The average Bonchev–Trinajstić information content (AvgIpc) is 2.99. The standard InChI is InChI=1S/C13H23N5O2S/c1-4-6-9-21(19,20)15-7-8-18-13-11(3)16-17(5-2)12(13)10-14-18/h10,15H,4-9H2,1-3H3. The molecule has 1 N–H and O–H groups in total. The fourth-order valence-electron chi connectivity index (χ4n) is 2.34. The van der Waals surface area contributed by atoms with Crippen molar-refractivity contribution < 1.29 is 8.42 Å². The molecule has 0 saturated heterocycles. The smallest absolute Gasteiger partial charge is 0.211 e. The fourth-order valence-corrected chi connectivity index (χ4v) is 3.56. The number of sulfonamides is 1. The second-order valence-electron chi connectivity index (χ2n) is 5.07. The Morgan fingerprint density at radius 1 is 1.29 bits per heavy atom. The van der Waals surface area contributed by atoms with E-state index in [9.17, 15) is 8.42 Å². The highest BCUT2D eigenvalue weighted by molar-refractivity contribution is 7.89. The topological polar surface area (TPSA) is 81.8 Å². The highest BCUT2D eigenvalue weighted by atomic mass is 32.2. The van der Waals surface area contributed by atoms with Crippen molar-refractivity contribution in [3.63, 3.8) is 0 Å². The lowest BCUT2D eigenvalue weighted by atomic mass is 10.4. The normalized spacial score (nSPS) is 12.3. The summed E-state index contributed by atoms with van der Waals surface area (Å²) < 4.78 is 29.8. The van der Waals surface area contributed by atoms with Gasteiger partial charge in [-0.15, -0.1) is 0 Å². The Balaban J connectivity index is 2.03. The van der Waals surface area contributed by atoms with Crippen molar-refractivity contribution in [3.05, 3.63) is 11.9 Å². The van der Waals surface area contributed by atoms with Gasteiger partial charge in [-0.1, -0.05) is 13.3 Å². The van der Waals surface area contributed by atoms with Crippen molar-refractivity contribution in [2.45, 2.75) is 46.7 Å². The molecule has 2 aromatic rings. The highest BCUT2D eigenvalue weighted by Gasteiger charge is 2.13. The first kappa shape index (κ1) is 16.0. The summed E-state index contributed by atoms with van der Waals surface area (Å²) in [6.07, 6.45) is 3.34. The molecule has 0 aliphatic carbocycles. The van der Waals surface area contributed by atoms with Crippen LogP contribution in [0.4, 0.5) is 0 Å². The molecule has 0 atom stereocenters. The molecule has 0 unspecified atom stereocenters. The summed E-state index contributed by atoms with van der Waals surface area (Å²) in [7, 11) is -3.17. The van der Waals surface area contributed by atoms with Gasteiger partial charge in [-0.25, -0.2) is 13.1 Å². The zero-order chi connectivity index (χ0) is 15.5. The van der Waals surface area contributed by atoms with E-state index in [2.05, 4.69) is 14.9 Å². The molecule has 2 aromatic heterocycles. The van der Waals surface area contributed by atoms with Crippen molar-refractivity contribution in [2.24, 2.45) is 0 Å². The fraction of sp³-hybridized carbons (Fsp3) is 0.692. The maximum absolute atomic E-state index is 11.7. The Bertz CT molecular complexity index is 702. The minimum Gasteiger partial charge on any atom is -0.262 e. The van der Waals surface area contributed by atoms with E-state index < -0.39 is 10.0 Å². The summed E-state index contributed by atoms with van der Waals surface area (Å²) in [5, 5.41) is 8.77. The van der Waals surface area contributed by atoms with Crippen molar-refractivity contribution in [3.8, 4) is 0 Å². The van der Waals surface area contributed by atoms with E-state index in [0.717, 1.165) is 29.7 Å². The number of aryl methyl sites for hydroxylation is 2. The van der Waals surface area contributed by atoms with Gasteiger partial charge in [0.2, 0.25) is 10.0 Å². The minimum atomic E-state index is -3.17. The first-order valence-corrected chi connectivity index (χ1v) is 9.00. The zero-order valence-electron chi connectivity index (χ0n) is 12.8. The van der Waals surface area contributed by atoms with Crippen LogP contribution in [0.15, 0.2) is 6.20 Å². The molecule has 0 spiro atoms. The van der Waals surface area contributed by atoms with Crippen molar-refractivity contribution >= 4 is 21.1 Å². The predicted molar refractivity (Wildman–Crippen MR) is 82.6 cm³/mol. The summed E-state index contributed by atoms with van der Waals surface area (Å²) in [5.74, 6) is 0.185. The number of nitrogens with zero attached hydrogens (tertiary/aromatic N) is 4. The molecule has 0 aromatic carbocycles. The summed E-state index contributed by atoms with van der Waals surface area (Å²) in [4.78, 5) is 0. The lowest BCUT2D eigenvalue weighted by molar-refractivity contribution is 0.562. The third-order valence-corrected chi connectivity index (χ3v) is 4.89. The third kappa shape index (κ3) is 3.62. The molecular formula is C13H23N5O2S. The van der Waals surface area contributed by atoms with E-state index in [1.165, 1.54) is 0 Å². The van der Waals surface area contributed by atoms with Gasteiger partial charge in [-0.2, -0.15) is 10.2 Å². The molecule has 0 radical (unpaired) electrons. The molecule has 2 rings (SSSR count). The molecule has 7 nitrogen and oxygen atoms in total. The molecule has 0 aliphatic heterocycles. The Kier molecular flexibility index (Phi) is 5.00. The zero-order valence-corrected chi connectivity index (χ0v) is 13.7. The van der Waals surface area contributed by atoms with Crippen LogP contribution in [-0.4, -0.2) is 40.3 Å². The Hall–Kier alpha value is -1.41. The summed E-state index contributed by atoms with van der Waals surface area (Å²) in [5.41, 5.74) is 2.88. The number of unbranched alkanes of at least 4 members (excludes halogenated alkanes) is 1. The molecular weight excluding hydrogens is 290 g/mol. The van der Waals surface area contributed by atoms with Crippen molar-refractivity contribution in [2.75, 3.05) is 12.3 Å². The SMILES string of the molecule is CCCCS(=O)(=O)NCCn1ncc2c1c(C)nn2CC. The molecule has 8 heteroatoms. The van der Waals surface area contributed by atoms with Crippen LogP contribution in [-0.2, 0) is 23.1 Å². The van der Waals surface area contributed by atoms with Crippen LogP contribution in [0.2, 0.25) is 0 Å². The molecule has 0 aliphatic rings. The van der Waals surface area contributed by atoms with E-state index in [0.29, 0.717) is 19.5 Å². The van der Waals surface area contributed by atoms with E-state index in [1.807, 2.05) is 30.1 Å². The largest absolute Gasteiger partial charge is 0.262 e. The highest BCUT2D eigenvalue weighted by Crippen LogP contribution is 2.17. The second kappa shape index (κ2) is 6.57. The molecule has 0 fully saturated rings. The lowest BCUT2D eigenvalue weighted by Gasteiger charge is -2.06. The first-order valence-electron chi connectivity index (χ1n) is 7.34. The van der Waals surface area contributed by atoms with Gasteiger partial charge in [0.05, 0.1) is 24.2 Å². The molecule has 0 bridgehead atoms. The lowest BCUT2D eigenvalue weighted by Crippen LogP contribution is -2.29. The van der Waals surface area contributed by atoms with Crippen LogP contribution in [0.25, 0.3) is 11.0 Å². The molecule has 21 heavy (non-hydrogen) atoms. The van der Waals surface area contributed by atoms with Crippen LogP contribution in [0.3, 0.4) is 0 Å². The van der Waals surface area contributed by atoms with Gasteiger partial charge in [0.15, 0.2) is 0 Å². The van der Waals surface area contributed by atoms with Gasteiger partial charge in [0, 0.05) is 13.1 Å². The predicted octanol–water partition coefficient (Wildman–Crippen LogP) is 1.28. The molecule has 0 saturated carbocycles. The number of hydrogen-bond donors (Lipinski definition) is 1. The molecule has 2 heterocycles. The van der Waals surface area contributed by atoms with Crippen LogP contribution in [0, 0.1) is 6.92 Å². The second-order valence-corrected chi connectivity index (χ2v) is 7.00. The first-order chi connectivity index (χ1) is 9.98. The van der Waals surface area contributed by atoms with E-state index in [4.69, 9.17) is 0 Å². The molecule has 0 amide bonds. The van der Waals surface area contributed by atoms with Gasteiger partial charge < -0.3 is 0 Å². The number of aromatic nitrogens is 4. The monoisotopic (exact) mass is 313 g/mol. The van der Waals surface area contributed by atoms with Crippen LogP contribution in [0.1, 0.15) is 32.4 Å². The van der Waals surface area contributed by atoms with Gasteiger partial charge in [-0.05, 0) is 20.3 Å². The van der Waals surface area contributed by atoms with Gasteiger partial charge in [0.25, 0.3) is 0 Å². The minimum absolute atomic E-state index is 0.185. The van der Waals surface area contributed by atoms with Crippen LogP contribution < -0.4 is 4.72 Å². The maximum Gasteiger partial charge on any atom is 0.211 e. The Labute approximate surface area is 125 Å². The summed E-state index contributed by atoms with van der Waals surface area (Å²) in [6.45, 7) is 7.59. The maximum atomic E-state index is 11.7. The number of nitrogens with one attached hydrogen (secondary N) is 1. The van der Waals surface area contributed by atoms with Crippen LogP contribution >= 0.6 is 0 Å². The quantitative estimate of drug-likeness (QED) is 0.796. The van der Waals surface area contributed by atoms with Crippen LogP contribution in [0.5, 0.6) is 0 Å². The van der Waals surface area contributed by atoms with Gasteiger partial charge in [-0.3, -0.25) is 9.36 Å². The van der Waals surface area contributed by atoms with Crippen molar-refractivity contribution in [1.29, 1.82) is 0 Å². The van der Waals surface area contributed by atoms with Gasteiger partial charge >= 0.3 is 0 Å². The van der Waals surface area contributed by atoms with E-state index in [1.54, 1.807) is 6.20 Å².